The van der Waals surface area contributed by atoms with Crippen LogP contribution in [-0.4, -0.2) is 45.9 Å². The molecular weight excluding hydrogens is 236 g/mol. The lowest BCUT2D eigenvalue weighted by Crippen LogP contribution is -2.43. The maximum Gasteiger partial charge on any atom is 0.358 e. The molecule has 1 aliphatic rings. The molecule has 0 fully saturated rings. The molecular formula is C10H10N6O2. The van der Waals surface area contributed by atoms with Gasteiger partial charge in [0.2, 0.25) is 0 Å². The summed E-state index contributed by atoms with van der Waals surface area (Å²) in [7, 11) is 0. The normalized spacial score (nSPS) is 16.1. The third-order valence-corrected chi connectivity index (χ3v) is 2.08. The van der Waals surface area contributed by atoms with Gasteiger partial charge in [-0.2, -0.15) is 10.2 Å². The standard InChI is InChI=1S/C10H10N6O2/c17-10-15-14-9(6-13-18)7-16(10)12-5-8-2-1-3-11-4-8/h1-6,18H,7H2,(H,15,17)/b12-5+,13-6?. The first-order valence-electron chi connectivity index (χ1n) is 5.05. The van der Waals surface area contributed by atoms with Crippen LogP contribution < -0.4 is 5.43 Å². The number of carbonyl (C=O) groups is 1. The van der Waals surface area contributed by atoms with Crippen LogP contribution in [0.4, 0.5) is 4.79 Å². The molecule has 18 heavy (non-hydrogen) atoms. The number of hydrogen-bond donors (Lipinski definition) is 2. The fourth-order valence-corrected chi connectivity index (χ4v) is 1.26. The first-order chi connectivity index (χ1) is 8.79. The summed E-state index contributed by atoms with van der Waals surface area (Å²) in [5.74, 6) is 0. The van der Waals surface area contributed by atoms with Crippen molar-refractivity contribution < 1.29 is 10.0 Å². The van der Waals surface area contributed by atoms with E-state index >= 15 is 0 Å². The fraction of sp³-hybridized carbons (Fsp3) is 0.100. The van der Waals surface area contributed by atoms with E-state index in [9.17, 15) is 4.79 Å². The Morgan fingerprint density at radius 2 is 2.39 bits per heavy atom. The number of aromatic nitrogens is 1. The number of oxime groups is 1. The number of hydrogen-bond acceptors (Lipinski definition) is 6. The molecule has 8 nitrogen and oxygen atoms in total. The highest BCUT2D eigenvalue weighted by Gasteiger charge is 2.18. The lowest BCUT2D eigenvalue weighted by molar-refractivity contribution is 0.205. The van der Waals surface area contributed by atoms with Crippen molar-refractivity contribution in [2.24, 2.45) is 15.4 Å². The predicted octanol–water partition coefficient (Wildman–Crippen LogP) is 0.257. The average molecular weight is 246 g/mol. The second kappa shape index (κ2) is 5.53. The fourth-order valence-electron chi connectivity index (χ4n) is 1.26. The third-order valence-electron chi connectivity index (χ3n) is 2.08. The first kappa shape index (κ1) is 11.7. The highest BCUT2D eigenvalue weighted by atomic mass is 16.4. The number of amides is 2. The van der Waals surface area contributed by atoms with Crippen LogP contribution in [0.2, 0.25) is 0 Å². The van der Waals surface area contributed by atoms with Gasteiger partial charge in [-0.1, -0.05) is 11.2 Å². The van der Waals surface area contributed by atoms with Crippen LogP contribution in [0.15, 0.2) is 39.9 Å². The van der Waals surface area contributed by atoms with Gasteiger partial charge >= 0.3 is 6.03 Å². The molecule has 1 aromatic rings. The van der Waals surface area contributed by atoms with Crippen molar-refractivity contribution in [3.63, 3.8) is 0 Å². The number of urea groups is 1. The Labute approximate surface area is 102 Å². The van der Waals surface area contributed by atoms with E-state index in [1.807, 2.05) is 6.07 Å². The molecule has 0 radical (unpaired) electrons. The third kappa shape index (κ3) is 2.88. The van der Waals surface area contributed by atoms with Crippen molar-refractivity contribution in [3.05, 3.63) is 30.1 Å². The van der Waals surface area contributed by atoms with E-state index in [0.29, 0.717) is 5.71 Å². The molecule has 1 aromatic heterocycles. The molecule has 2 rings (SSSR count). The summed E-state index contributed by atoms with van der Waals surface area (Å²) in [6.45, 7) is 0.132. The van der Waals surface area contributed by atoms with Crippen LogP contribution in [0, 0.1) is 0 Å². The minimum Gasteiger partial charge on any atom is -0.411 e. The van der Waals surface area contributed by atoms with E-state index in [-0.39, 0.29) is 6.54 Å². The van der Waals surface area contributed by atoms with Gasteiger partial charge in [0.15, 0.2) is 0 Å². The van der Waals surface area contributed by atoms with E-state index in [2.05, 4.69) is 25.8 Å². The van der Waals surface area contributed by atoms with E-state index in [1.165, 1.54) is 6.21 Å². The zero-order valence-corrected chi connectivity index (χ0v) is 9.26. The van der Waals surface area contributed by atoms with Crippen molar-refractivity contribution in [2.75, 3.05) is 6.54 Å². The van der Waals surface area contributed by atoms with Crippen molar-refractivity contribution in [1.29, 1.82) is 0 Å². The molecule has 0 atom stereocenters. The molecule has 92 valence electrons. The van der Waals surface area contributed by atoms with Crippen LogP contribution in [0.3, 0.4) is 0 Å². The minimum atomic E-state index is -0.453. The largest absolute Gasteiger partial charge is 0.411 e. The Balaban J connectivity index is 2.07. The number of rotatable bonds is 3. The first-order valence-corrected chi connectivity index (χ1v) is 5.05. The van der Waals surface area contributed by atoms with Gasteiger partial charge in [0, 0.05) is 18.0 Å². The zero-order valence-electron chi connectivity index (χ0n) is 9.26. The van der Waals surface area contributed by atoms with Crippen LogP contribution >= 0.6 is 0 Å². The lowest BCUT2D eigenvalue weighted by Gasteiger charge is -2.19. The molecule has 0 aliphatic carbocycles. The molecule has 0 aromatic carbocycles. The average Bonchev–Trinajstić information content (AvgIpc) is 2.41. The Morgan fingerprint density at radius 3 is 3.11 bits per heavy atom. The maximum atomic E-state index is 11.4. The number of hydrazone groups is 2. The van der Waals surface area contributed by atoms with Crippen molar-refractivity contribution >= 4 is 24.2 Å². The Morgan fingerprint density at radius 1 is 1.50 bits per heavy atom. The monoisotopic (exact) mass is 246 g/mol. The molecule has 2 N–H and O–H groups in total. The Kier molecular flexibility index (Phi) is 3.59. The maximum absolute atomic E-state index is 11.4. The summed E-state index contributed by atoms with van der Waals surface area (Å²) >= 11 is 0. The van der Waals surface area contributed by atoms with Gasteiger partial charge in [0.25, 0.3) is 0 Å². The van der Waals surface area contributed by atoms with Crippen molar-refractivity contribution in [1.82, 2.24) is 15.4 Å². The lowest BCUT2D eigenvalue weighted by atomic mass is 10.3. The summed E-state index contributed by atoms with van der Waals surface area (Å²) in [5.41, 5.74) is 3.40. The van der Waals surface area contributed by atoms with Gasteiger partial charge in [-0.3, -0.25) is 4.98 Å². The van der Waals surface area contributed by atoms with Crippen LogP contribution in [-0.2, 0) is 0 Å². The zero-order chi connectivity index (χ0) is 12.8. The molecule has 8 heteroatoms. The van der Waals surface area contributed by atoms with Crippen LogP contribution in [0.5, 0.6) is 0 Å². The van der Waals surface area contributed by atoms with Gasteiger partial charge in [-0.25, -0.2) is 15.2 Å². The van der Waals surface area contributed by atoms with E-state index in [4.69, 9.17) is 5.21 Å². The second-order valence-corrected chi connectivity index (χ2v) is 3.35. The minimum absolute atomic E-state index is 0.132. The molecule has 0 unspecified atom stereocenters. The highest BCUT2D eigenvalue weighted by molar-refractivity contribution is 6.32. The van der Waals surface area contributed by atoms with Crippen LogP contribution in [0.25, 0.3) is 0 Å². The van der Waals surface area contributed by atoms with Gasteiger partial charge in [0.1, 0.15) is 5.71 Å². The highest BCUT2D eigenvalue weighted by Crippen LogP contribution is 1.99. The van der Waals surface area contributed by atoms with Crippen molar-refractivity contribution in [3.8, 4) is 0 Å². The predicted molar refractivity (Wildman–Crippen MR) is 64.8 cm³/mol. The van der Waals surface area contributed by atoms with E-state index in [0.717, 1.165) is 16.8 Å². The molecule has 2 heterocycles. The molecule has 0 saturated carbocycles. The Bertz CT molecular complexity index is 510. The summed E-state index contributed by atoms with van der Waals surface area (Å²) < 4.78 is 0. The SMILES string of the molecule is O=C1NN=C(C=NO)CN1/N=C/c1cccnc1. The Hall–Kier alpha value is -2.77. The van der Waals surface area contributed by atoms with Gasteiger partial charge in [0.05, 0.1) is 19.0 Å². The number of nitrogens with zero attached hydrogens (tertiary/aromatic N) is 5. The summed E-state index contributed by atoms with van der Waals surface area (Å²) in [6.07, 6.45) is 5.90. The van der Waals surface area contributed by atoms with Gasteiger partial charge in [-0.05, 0) is 6.07 Å². The molecule has 0 saturated heterocycles. The van der Waals surface area contributed by atoms with Gasteiger partial charge < -0.3 is 5.21 Å². The van der Waals surface area contributed by atoms with Crippen LogP contribution in [0.1, 0.15) is 5.56 Å². The molecule has 2 amide bonds. The topological polar surface area (TPSA) is 103 Å². The molecule has 0 spiro atoms. The molecule has 0 bridgehead atoms. The second-order valence-electron chi connectivity index (χ2n) is 3.35. The number of carbonyl (C=O) groups excluding carboxylic acids is 1. The number of pyridine rings is 1. The summed E-state index contributed by atoms with van der Waals surface area (Å²) in [5, 5.41) is 20.1. The summed E-state index contributed by atoms with van der Waals surface area (Å²) in [6, 6.07) is 3.12. The smallest absolute Gasteiger partial charge is 0.358 e. The van der Waals surface area contributed by atoms with E-state index < -0.39 is 6.03 Å². The van der Waals surface area contributed by atoms with Gasteiger partial charge in [-0.15, -0.1) is 0 Å². The van der Waals surface area contributed by atoms with E-state index in [1.54, 1.807) is 18.5 Å². The summed E-state index contributed by atoms with van der Waals surface area (Å²) in [4.78, 5) is 15.4. The number of nitrogens with one attached hydrogen (secondary N) is 1. The molecule has 1 aliphatic heterocycles. The quantitative estimate of drug-likeness (QED) is 0.454. The van der Waals surface area contributed by atoms with Crippen molar-refractivity contribution in [2.45, 2.75) is 0 Å².